The Morgan fingerprint density at radius 1 is 0.895 bits per heavy atom. The van der Waals surface area contributed by atoms with Crippen molar-refractivity contribution in [3.63, 3.8) is 0 Å². The number of allylic oxidation sites excluding steroid dienone is 2. The zero-order valence-electron chi connectivity index (χ0n) is 10.5. The van der Waals surface area contributed by atoms with Crippen LogP contribution in [0.3, 0.4) is 0 Å². The minimum Gasteiger partial charge on any atom is -0.430 e. The summed E-state index contributed by atoms with van der Waals surface area (Å²) in [5.41, 5.74) is 2.25. The summed E-state index contributed by atoms with van der Waals surface area (Å²) in [7, 11) is 0. The molecule has 2 aromatic rings. The van der Waals surface area contributed by atoms with Gasteiger partial charge < -0.3 is 4.74 Å². The number of hydrogen-bond donors (Lipinski definition) is 0. The predicted molar refractivity (Wildman–Crippen MR) is 76.5 cm³/mol. The van der Waals surface area contributed by atoms with Crippen molar-refractivity contribution in [1.82, 2.24) is 0 Å². The van der Waals surface area contributed by atoms with Crippen LogP contribution in [0, 0.1) is 0 Å². The Balaban J connectivity index is 2.13. The minimum absolute atomic E-state index is 0.379. The van der Waals surface area contributed by atoms with Gasteiger partial charge in [0.15, 0.2) is 0 Å². The van der Waals surface area contributed by atoms with Crippen LogP contribution in [0.25, 0.3) is 5.57 Å². The summed E-state index contributed by atoms with van der Waals surface area (Å²) in [6.45, 7) is 3.73. The van der Waals surface area contributed by atoms with E-state index in [-0.39, 0.29) is 5.97 Å². The maximum absolute atomic E-state index is 11.8. The summed E-state index contributed by atoms with van der Waals surface area (Å²) in [4.78, 5) is 11.8. The lowest BCUT2D eigenvalue weighted by atomic mass is 10.1. The average Bonchev–Trinajstić information content (AvgIpc) is 2.49. The molecule has 0 aliphatic rings. The van der Waals surface area contributed by atoms with Crippen molar-refractivity contribution >= 4 is 11.5 Å². The maximum Gasteiger partial charge on any atom is 0.342 e. The highest BCUT2D eigenvalue weighted by molar-refractivity contribution is 5.90. The molecule has 0 N–H and O–H groups in total. The molecule has 0 radical (unpaired) electrons. The second-order valence-corrected chi connectivity index (χ2v) is 3.91. The molecule has 2 aromatic carbocycles. The Bertz CT molecular complexity index is 583. The van der Waals surface area contributed by atoms with E-state index in [1.165, 1.54) is 6.26 Å². The van der Waals surface area contributed by atoms with Crippen molar-refractivity contribution in [3.8, 4) is 0 Å². The molecular formula is C17H14O2. The van der Waals surface area contributed by atoms with E-state index in [9.17, 15) is 4.79 Å². The first-order valence-electron chi connectivity index (χ1n) is 5.95. The zero-order chi connectivity index (χ0) is 13.5. The van der Waals surface area contributed by atoms with Gasteiger partial charge in [-0.3, -0.25) is 0 Å². The van der Waals surface area contributed by atoms with Crippen LogP contribution in [-0.2, 0) is 4.74 Å². The lowest BCUT2D eigenvalue weighted by Gasteiger charge is -2.03. The van der Waals surface area contributed by atoms with Crippen LogP contribution >= 0.6 is 0 Å². The fourth-order valence-electron chi connectivity index (χ4n) is 1.62. The van der Waals surface area contributed by atoms with E-state index in [1.54, 1.807) is 30.3 Å². The molecule has 94 valence electrons. The van der Waals surface area contributed by atoms with Gasteiger partial charge >= 0.3 is 5.97 Å². The summed E-state index contributed by atoms with van der Waals surface area (Å²) in [5.74, 6) is -0.379. The average molecular weight is 250 g/mol. The van der Waals surface area contributed by atoms with Gasteiger partial charge in [0.1, 0.15) is 6.26 Å². The molecule has 0 aliphatic heterocycles. The number of ether oxygens (including phenoxy) is 1. The fraction of sp³-hybridized carbons (Fsp3) is 0. The van der Waals surface area contributed by atoms with E-state index in [4.69, 9.17) is 4.74 Å². The zero-order valence-corrected chi connectivity index (χ0v) is 10.5. The smallest absolute Gasteiger partial charge is 0.342 e. The molecular weight excluding hydrogens is 236 g/mol. The number of hydrogen-bond acceptors (Lipinski definition) is 2. The van der Waals surface area contributed by atoms with E-state index in [2.05, 4.69) is 6.58 Å². The molecule has 0 spiro atoms. The SMILES string of the molecule is C=CC(=COC(=O)c1ccccc1)c1ccccc1. The molecule has 2 rings (SSSR count). The van der Waals surface area contributed by atoms with Crippen molar-refractivity contribution in [1.29, 1.82) is 0 Å². The summed E-state index contributed by atoms with van der Waals surface area (Å²) < 4.78 is 5.16. The van der Waals surface area contributed by atoms with Gasteiger partial charge in [0.25, 0.3) is 0 Å². The van der Waals surface area contributed by atoms with Gasteiger partial charge in [0.05, 0.1) is 5.56 Å². The first kappa shape index (κ1) is 12.8. The second-order valence-electron chi connectivity index (χ2n) is 3.91. The van der Waals surface area contributed by atoms with Crippen molar-refractivity contribution in [3.05, 3.63) is 90.7 Å². The molecule has 0 fully saturated rings. The number of rotatable bonds is 4. The van der Waals surface area contributed by atoms with E-state index >= 15 is 0 Å². The molecule has 0 bridgehead atoms. The van der Waals surface area contributed by atoms with Gasteiger partial charge in [-0.2, -0.15) is 0 Å². The molecule has 0 aromatic heterocycles. The summed E-state index contributed by atoms with van der Waals surface area (Å²) >= 11 is 0. The Morgan fingerprint density at radius 3 is 1.95 bits per heavy atom. The lowest BCUT2D eigenvalue weighted by molar-refractivity contribution is 0.0664. The molecule has 0 aliphatic carbocycles. The number of carbonyl (C=O) groups excluding carboxylic acids is 1. The molecule has 0 unspecified atom stereocenters. The van der Waals surface area contributed by atoms with Crippen LogP contribution in [-0.4, -0.2) is 5.97 Å². The Morgan fingerprint density at radius 2 is 1.42 bits per heavy atom. The topological polar surface area (TPSA) is 26.3 Å². The molecule has 2 heteroatoms. The van der Waals surface area contributed by atoms with E-state index in [0.717, 1.165) is 11.1 Å². The van der Waals surface area contributed by atoms with Gasteiger partial charge in [0, 0.05) is 5.57 Å². The summed E-state index contributed by atoms with van der Waals surface area (Å²) in [5, 5.41) is 0. The van der Waals surface area contributed by atoms with Crippen molar-refractivity contribution in [2.45, 2.75) is 0 Å². The Hall–Kier alpha value is -2.61. The molecule has 19 heavy (non-hydrogen) atoms. The van der Waals surface area contributed by atoms with Crippen molar-refractivity contribution < 1.29 is 9.53 Å². The molecule has 0 heterocycles. The third-order valence-corrected chi connectivity index (χ3v) is 2.63. The van der Waals surface area contributed by atoms with Gasteiger partial charge in [-0.1, -0.05) is 61.2 Å². The van der Waals surface area contributed by atoms with E-state index in [1.807, 2.05) is 36.4 Å². The van der Waals surface area contributed by atoms with Crippen LogP contribution in [0.4, 0.5) is 0 Å². The molecule has 2 nitrogen and oxygen atoms in total. The fourth-order valence-corrected chi connectivity index (χ4v) is 1.62. The molecule has 0 amide bonds. The molecule has 0 saturated heterocycles. The number of benzene rings is 2. The van der Waals surface area contributed by atoms with Gasteiger partial charge in [-0.25, -0.2) is 4.79 Å². The number of carbonyl (C=O) groups is 1. The third-order valence-electron chi connectivity index (χ3n) is 2.63. The van der Waals surface area contributed by atoms with Crippen LogP contribution in [0.2, 0.25) is 0 Å². The largest absolute Gasteiger partial charge is 0.430 e. The van der Waals surface area contributed by atoms with Crippen LogP contribution in [0.5, 0.6) is 0 Å². The first-order valence-corrected chi connectivity index (χ1v) is 5.95. The van der Waals surface area contributed by atoms with Gasteiger partial charge in [-0.15, -0.1) is 0 Å². The second kappa shape index (κ2) is 6.36. The van der Waals surface area contributed by atoms with Crippen molar-refractivity contribution in [2.24, 2.45) is 0 Å². The molecule has 0 saturated carbocycles. The van der Waals surface area contributed by atoms with Gasteiger partial charge in [-0.05, 0) is 17.7 Å². The Kier molecular flexibility index (Phi) is 4.29. The van der Waals surface area contributed by atoms with Gasteiger partial charge in [0.2, 0.25) is 0 Å². The van der Waals surface area contributed by atoms with Crippen molar-refractivity contribution in [2.75, 3.05) is 0 Å². The highest BCUT2D eigenvalue weighted by Crippen LogP contribution is 2.15. The minimum atomic E-state index is -0.379. The predicted octanol–water partition coefficient (Wildman–Crippen LogP) is 4.07. The summed E-state index contributed by atoms with van der Waals surface area (Å²) in [6, 6.07) is 18.5. The lowest BCUT2D eigenvalue weighted by Crippen LogP contribution is -2.00. The number of esters is 1. The van der Waals surface area contributed by atoms with Crippen LogP contribution < -0.4 is 0 Å². The van der Waals surface area contributed by atoms with E-state index in [0.29, 0.717) is 5.56 Å². The Labute approximate surface area is 112 Å². The third kappa shape index (κ3) is 3.42. The quantitative estimate of drug-likeness (QED) is 0.464. The first-order chi connectivity index (χ1) is 9.31. The highest BCUT2D eigenvalue weighted by Gasteiger charge is 2.05. The standard InChI is InChI=1S/C17H14O2/c1-2-14(15-9-5-3-6-10-15)13-19-17(18)16-11-7-4-8-12-16/h2-13H,1H2. The maximum atomic E-state index is 11.8. The highest BCUT2D eigenvalue weighted by atomic mass is 16.5. The van der Waals surface area contributed by atoms with E-state index < -0.39 is 0 Å². The summed E-state index contributed by atoms with van der Waals surface area (Å²) in [6.07, 6.45) is 3.09. The van der Waals surface area contributed by atoms with Crippen LogP contribution in [0.15, 0.2) is 79.6 Å². The molecule has 0 atom stereocenters. The monoisotopic (exact) mass is 250 g/mol. The van der Waals surface area contributed by atoms with Crippen LogP contribution in [0.1, 0.15) is 15.9 Å². The normalized spacial score (nSPS) is 10.8.